The Morgan fingerprint density at radius 1 is 1.31 bits per heavy atom. The lowest BCUT2D eigenvalue weighted by atomic mass is 9.96. The second-order valence-corrected chi connectivity index (χ2v) is 3.66. The van der Waals surface area contributed by atoms with Gasteiger partial charge in [-0.05, 0) is 30.5 Å². The molecule has 1 saturated carbocycles. The summed E-state index contributed by atoms with van der Waals surface area (Å²) in [4.78, 5) is 0. The van der Waals surface area contributed by atoms with E-state index < -0.39 is 0 Å². The minimum absolute atomic E-state index is 0.0626. The first-order chi connectivity index (χ1) is 6.30. The van der Waals surface area contributed by atoms with E-state index in [9.17, 15) is 5.11 Å². The molecule has 0 aromatic heterocycles. The highest BCUT2D eigenvalue weighted by Crippen LogP contribution is 2.47. The number of aliphatic hydroxyl groups is 1. The van der Waals surface area contributed by atoms with Crippen LogP contribution in [-0.4, -0.2) is 11.7 Å². The average Bonchev–Trinajstić information content (AvgIpc) is 2.99. The summed E-state index contributed by atoms with van der Waals surface area (Å²) in [7, 11) is 0. The standard InChI is InChI=1S/C12H12O/c1-2-10-3-5-11(6-4-10)12(9-13)7-8-12/h1,3-6,13H,7-9H2. The van der Waals surface area contributed by atoms with Gasteiger partial charge in [-0.15, -0.1) is 6.42 Å². The Hall–Kier alpha value is -1.26. The molecule has 0 amide bonds. The van der Waals surface area contributed by atoms with Crippen LogP contribution in [-0.2, 0) is 5.41 Å². The fraction of sp³-hybridized carbons (Fsp3) is 0.333. The summed E-state index contributed by atoms with van der Waals surface area (Å²) in [6, 6.07) is 7.92. The second kappa shape index (κ2) is 2.90. The molecule has 66 valence electrons. The minimum Gasteiger partial charge on any atom is -0.395 e. The molecule has 0 saturated heterocycles. The highest BCUT2D eigenvalue weighted by molar-refractivity contribution is 5.39. The molecule has 1 nitrogen and oxygen atoms in total. The summed E-state index contributed by atoms with van der Waals surface area (Å²) in [6.07, 6.45) is 7.45. The fourth-order valence-electron chi connectivity index (χ4n) is 1.61. The van der Waals surface area contributed by atoms with Crippen LogP contribution < -0.4 is 0 Å². The van der Waals surface area contributed by atoms with Gasteiger partial charge in [-0.2, -0.15) is 0 Å². The summed E-state index contributed by atoms with van der Waals surface area (Å²) in [5.74, 6) is 2.58. The molecule has 1 aromatic rings. The molecule has 1 aliphatic rings. The molecule has 0 aliphatic heterocycles. The third-order valence-corrected chi connectivity index (χ3v) is 2.82. The molecule has 0 heterocycles. The molecule has 1 N–H and O–H groups in total. The Morgan fingerprint density at radius 3 is 2.31 bits per heavy atom. The quantitative estimate of drug-likeness (QED) is 0.673. The summed E-state index contributed by atoms with van der Waals surface area (Å²) in [6.45, 7) is 0.252. The molecule has 0 spiro atoms. The van der Waals surface area contributed by atoms with Crippen LogP contribution in [0.15, 0.2) is 24.3 Å². The van der Waals surface area contributed by atoms with E-state index in [0.29, 0.717) is 0 Å². The Morgan fingerprint density at radius 2 is 1.92 bits per heavy atom. The van der Waals surface area contributed by atoms with Crippen molar-refractivity contribution in [2.45, 2.75) is 18.3 Å². The third kappa shape index (κ3) is 1.34. The van der Waals surface area contributed by atoms with Crippen LogP contribution in [0.3, 0.4) is 0 Å². The monoisotopic (exact) mass is 172 g/mol. The van der Waals surface area contributed by atoms with Gasteiger partial charge in [-0.1, -0.05) is 18.1 Å². The van der Waals surface area contributed by atoms with Crippen molar-refractivity contribution in [1.29, 1.82) is 0 Å². The predicted molar refractivity (Wildman–Crippen MR) is 52.4 cm³/mol. The summed E-state index contributed by atoms with van der Waals surface area (Å²) < 4.78 is 0. The van der Waals surface area contributed by atoms with E-state index >= 15 is 0 Å². The van der Waals surface area contributed by atoms with Crippen LogP contribution in [0.4, 0.5) is 0 Å². The van der Waals surface area contributed by atoms with Gasteiger partial charge >= 0.3 is 0 Å². The van der Waals surface area contributed by atoms with Gasteiger partial charge in [0.15, 0.2) is 0 Å². The normalized spacial score (nSPS) is 17.8. The first kappa shape index (κ1) is 8.34. The summed E-state index contributed by atoms with van der Waals surface area (Å²) in [5.41, 5.74) is 2.18. The van der Waals surface area contributed by atoms with Gasteiger partial charge in [0, 0.05) is 11.0 Å². The Kier molecular flexibility index (Phi) is 1.86. The number of benzene rings is 1. The first-order valence-corrected chi connectivity index (χ1v) is 4.49. The Labute approximate surface area is 78.4 Å². The van der Waals surface area contributed by atoms with Crippen LogP contribution in [0.1, 0.15) is 24.0 Å². The van der Waals surface area contributed by atoms with Gasteiger partial charge in [0.05, 0.1) is 6.61 Å². The highest BCUT2D eigenvalue weighted by atomic mass is 16.3. The minimum atomic E-state index is 0.0626. The van der Waals surface area contributed by atoms with Crippen molar-refractivity contribution in [3.8, 4) is 12.3 Å². The molecule has 13 heavy (non-hydrogen) atoms. The average molecular weight is 172 g/mol. The summed E-state index contributed by atoms with van der Waals surface area (Å²) >= 11 is 0. The van der Waals surface area contributed by atoms with Gasteiger partial charge in [0.25, 0.3) is 0 Å². The number of terminal acetylenes is 1. The molecule has 1 aromatic carbocycles. The van der Waals surface area contributed by atoms with E-state index in [0.717, 1.165) is 18.4 Å². The first-order valence-electron chi connectivity index (χ1n) is 4.49. The lowest BCUT2D eigenvalue weighted by Crippen LogP contribution is -2.11. The van der Waals surface area contributed by atoms with Crippen molar-refractivity contribution in [1.82, 2.24) is 0 Å². The van der Waals surface area contributed by atoms with Crippen molar-refractivity contribution in [2.24, 2.45) is 0 Å². The van der Waals surface area contributed by atoms with E-state index in [4.69, 9.17) is 6.42 Å². The lowest BCUT2D eigenvalue weighted by Gasteiger charge is -2.11. The van der Waals surface area contributed by atoms with Crippen molar-refractivity contribution in [2.75, 3.05) is 6.61 Å². The highest BCUT2D eigenvalue weighted by Gasteiger charge is 2.43. The van der Waals surface area contributed by atoms with Crippen molar-refractivity contribution in [3.63, 3.8) is 0 Å². The van der Waals surface area contributed by atoms with E-state index in [1.165, 1.54) is 5.56 Å². The predicted octanol–water partition coefficient (Wildman–Crippen LogP) is 1.69. The maximum Gasteiger partial charge on any atom is 0.0527 e. The van der Waals surface area contributed by atoms with Gasteiger partial charge in [0.2, 0.25) is 0 Å². The molecule has 0 bridgehead atoms. The van der Waals surface area contributed by atoms with Crippen LogP contribution in [0.2, 0.25) is 0 Å². The molecular weight excluding hydrogens is 160 g/mol. The van der Waals surface area contributed by atoms with Crippen molar-refractivity contribution >= 4 is 0 Å². The number of hydrogen-bond donors (Lipinski definition) is 1. The van der Waals surface area contributed by atoms with Gasteiger partial charge in [-0.25, -0.2) is 0 Å². The van der Waals surface area contributed by atoms with Crippen LogP contribution >= 0.6 is 0 Å². The zero-order chi connectivity index (χ0) is 9.31. The molecule has 1 aliphatic carbocycles. The topological polar surface area (TPSA) is 20.2 Å². The van der Waals surface area contributed by atoms with E-state index in [-0.39, 0.29) is 12.0 Å². The molecule has 0 radical (unpaired) electrons. The van der Waals surface area contributed by atoms with Crippen molar-refractivity contribution in [3.05, 3.63) is 35.4 Å². The molecule has 0 unspecified atom stereocenters. The van der Waals surface area contributed by atoms with Crippen LogP contribution in [0, 0.1) is 12.3 Å². The Bertz CT molecular complexity index is 338. The van der Waals surface area contributed by atoms with E-state index in [2.05, 4.69) is 5.92 Å². The van der Waals surface area contributed by atoms with Gasteiger partial charge < -0.3 is 5.11 Å². The molecule has 1 heteroatoms. The van der Waals surface area contributed by atoms with Gasteiger partial charge in [-0.3, -0.25) is 0 Å². The number of rotatable bonds is 2. The van der Waals surface area contributed by atoms with Gasteiger partial charge in [0.1, 0.15) is 0 Å². The maximum absolute atomic E-state index is 9.20. The molecule has 0 atom stereocenters. The second-order valence-electron chi connectivity index (χ2n) is 3.66. The van der Waals surface area contributed by atoms with Crippen molar-refractivity contribution < 1.29 is 5.11 Å². The zero-order valence-electron chi connectivity index (χ0n) is 7.46. The molecule has 2 rings (SSSR count). The van der Waals surface area contributed by atoms with Crippen LogP contribution in [0.5, 0.6) is 0 Å². The fourth-order valence-corrected chi connectivity index (χ4v) is 1.61. The summed E-state index contributed by atoms with van der Waals surface area (Å²) in [5, 5.41) is 9.20. The van der Waals surface area contributed by atoms with E-state index in [1.807, 2.05) is 24.3 Å². The smallest absolute Gasteiger partial charge is 0.0527 e. The lowest BCUT2D eigenvalue weighted by molar-refractivity contribution is 0.255. The number of hydrogen-bond acceptors (Lipinski definition) is 1. The third-order valence-electron chi connectivity index (χ3n) is 2.82. The SMILES string of the molecule is C#Cc1ccc(C2(CO)CC2)cc1. The van der Waals surface area contributed by atoms with Crippen LogP contribution in [0.25, 0.3) is 0 Å². The number of aliphatic hydroxyl groups excluding tert-OH is 1. The largest absolute Gasteiger partial charge is 0.395 e. The Balaban J connectivity index is 2.29. The zero-order valence-corrected chi connectivity index (χ0v) is 7.46. The molecular formula is C12H12O. The molecule has 1 fully saturated rings. The van der Waals surface area contributed by atoms with E-state index in [1.54, 1.807) is 0 Å². The maximum atomic E-state index is 9.20.